The minimum absolute atomic E-state index is 0.0314. The third-order valence-electron chi connectivity index (χ3n) is 8.82. The number of rotatable bonds is 10. The fourth-order valence-corrected chi connectivity index (χ4v) is 7.40. The molecule has 284 valence electrons. The largest absolute Gasteiger partial charge is 0.504 e. The zero-order valence-corrected chi connectivity index (χ0v) is 30.9. The minimum Gasteiger partial charge on any atom is -0.504 e. The van der Waals surface area contributed by atoms with Crippen LogP contribution in [-0.2, 0) is 19.4 Å². The maximum absolute atomic E-state index is 13.6. The smallest absolute Gasteiger partial charge is 0.255 e. The third kappa shape index (κ3) is 7.72. The highest BCUT2D eigenvalue weighted by molar-refractivity contribution is 7.91. The van der Waals surface area contributed by atoms with Gasteiger partial charge in [-0.25, -0.2) is 18.4 Å². The van der Waals surface area contributed by atoms with E-state index < -0.39 is 33.7 Å². The normalized spacial score (nSPS) is 16.9. The second-order valence-electron chi connectivity index (χ2n) is 12.4. The number of aromatic hydroxyl groups is 2. The van der Waals surface area contributed by atoms with E-state index in [1.807, 2.05) is 0 Å². The number of nitrogens with zero attached hydrogens (tertiary/aromatic N) is 2. The van der Waals surface area contributed by atoms with E-state index in [1.165, 1.54) is 74.9 Å². The molecule has 2 aliphatic rings. The van der Waals surface area contributed by atoms with Gasteiger partial charge in [-0.1, -0.05) is 0 Å². The van der Waals surface area contributed by atoms with Gasteiger partial charge in [0, 0.05) is 22.5 Å². The van der Waals surface area contributed by atoms with E-state index in [4.69, 9.17) is 20.9 Å². The predicted molar refractivity (Wildman–Crippen MR) is 207 cm³/mol. The van der Waals surface area contributed by atoms with Gasteiger partial charge >= 0.3 is 0 Å². The number of hydrogen-bond donors (Lipinski definition) is 8. The number of ether oxygens (including phenoxy) is 2. The van der Waals surface area contributed by atoms with E-state index >= 15 is 0 Å². The van der Waals surface area contributed by atoms with Gasteiger partial charge in [-0.05, 0) is 98.8 Å². The van der Waals surface area contributed by atoms with Gasteiger partial charge in [0.15, 0.2) is 34.9 Å². The van der Waals surface area contributed by atoms with Gasteiger partial charge in [0.1, 0.15) is 0 Å². The predicted octanol–water partition coefficient (Wildman–Crippen LogP) is 3.26. The lowest BCUT2D eigenvalue weighted by Gasteiger charge is -2.25. The number of methoxy groups -OCH3 is 2. The second-order valence-corrected chi connectivity index (χ2v) is 14.4. The van der Waals surface area contributed by atoms with E-state index in [9.17, 15) is 28.2 Å². The van der Waals surface area contributed by atoms with Crippen LogP contribution in [0.25, 0.3) is 11.4 Å². The quantitative estimate of drug-likeness (QED) is 0.116. The number of phenolic OH excluding ortho intramolecular Hbond substituents is 2. The first kappa shape index (κ1) is 37.7. The lowest BCUT2D eigenvalue weighted by Crippen LogP contribution is -2.39. The van der Waals surface area contributed by atoms with Crippen molar-refractivity contribution in [1.29, 1.82) is 0 Å². The Hall–Kier alpha value is -7.01. The maximum atomic E-state index is 13.6. The molecule has 4 aromatic carbocycles. The van der Waals surface area contributed by atoms with Crippen molar-refractivity contribution in [2.75, 3.05) is 24.9 Å². The number of hydrogen-bond acceptors (Lipinski definition) is 14. The number of phenols is 2. The summed E-state index contributed by atoms with van der Waals surface area (Å²) >= 11 is 0. The molecule has 0 aromatic heterocycles. The van der Waals surface area contributed by atoms with Gasteiger partial charge in [-0.3, -0.25) is 9.59 Å². The summed E-state index contributed by atoms with van der Waals surface area (Å²) < 4.78 is 37.4. The van der Waals surface area contributed by atoms with Crippen molar-refractivity contribution < 1.29 is 37.7 Å². The molecule has 10 N–H and O–H groups in total. The van der Waals surface area contributed by atoms with Gasteiger partial charge in [0.25, 0.3) is 11.8 Å². The maximum Gasteiger partial charge on any atom is 0.255 e. The number of sulfone groups is 1. The lowest BCUT2D eigenvalue weighted by atomic mass is 9.98. The first-order chi connectivity index (χ1) is 26.2. The second kappa shape index (κ2) is 15.2. The van der Waals surface area contributed by atoms with E-state index in [0.29, 0.717) is 33.9 Å². The van der Waals surface area contributed by atoms with Crippen molar-refractivity contribution in [2.24, 2.45) is 21.5 Å². The van der Waals surface area contributed by atoms with Crippen molar-refractivity contribution in [3.63, 3.8) is 0 Å². The Morgan fingerprint density at radius 3 is 1.35 bits per heavy atom. The number of amides is 2. The average Bonchev–Trinajstić information content (AvgIpc) is 3.14. The third-order valence-corrected chi connectivity index (χ3v) is 10.6. The number of benzene rings is 4. The van der Waals surface area contributed by atoms with Crippen LogP contribution in [-0.4, -0.2) is 68.7 Å². The van der Waals surface area contributed by atoms with Gasteiger partial charge in [-0.2, -0.15) is 0 Å². The van der Waals surface area contributed by atoms with Crippen LogP contribution in [0.5, 0.6) is 23.0 Å². The summed E-state index contributed by atoms with van der Waals surface area (Å²) in [6.45, 7) is 3.39. The molecule has 6 rings (SSSR count). The molecule has 0 fully saturated rings. The number of guanidine groups is 2. The molecule has 0 saturated carbocycles. The van der Waals surface area contributed by atoms with Crippen molar-refractivity contribution >= 4 is 56.3 Å². The number of aliphatic imine (C=N–C) groups is 2. The summed E-state index contributed by atoms with van der Waals surface area (Å²) in [5, 5.41) is 32.1. The topological polar surface area (TPSA) is 252 Å². The first-order valence-electron chi connectivity index (χ1n) is 16.7. The zero-order valence-electron chi connectivity index (χ0n) is 30.0. The molecule has 2 aliphatic heterocycles. The molecule has 4 aromatic rings. The van der Waals surface area contributed by atoms with Gasteiger partial charge in [0.2, 0.25) is 9.84 Å². The highest BCUT2D eigenvalue weighted by atomic mass is 32.2. The van der Waals surface area contributed by atoms with E-state index in [-0.39, 0.29) is 55.9 Å². The molecule has 2 heterocycles. The molecule has 2 atom stereocenters. The number of carbonyl (C=O) groups excluding carboxylic acids is 2. The number of nitrogens with two attached hydrogens (primary N) is 2. The first-order valence-corrected chi connectivity index (χ1v) is 18.2. The molecule has 17 heteroatoms. The highest BCUT2D eigenvalue weighted by Gasteiger charge is 2.29. The average molecular weight is 767 g/mol. The molecule has 0 radical (unpaired) electrons. The summed E-state index contributed by atoms with van der Waals surface area (Å²) in [6.07, 6.45) is 0. The molecule has 0 aliphatic carbocycles. The number of nitrogens with one attached hydrogen (secondary N) is 4. The monoisotopic (exact) mass is 766 g/mol. The fourth-order valence-electron chi connectivity index (χ4n) is 6.14. The van der Waals surface area contributed by atoms with E-state index in [2.05, 4.69) is 31.3 Å². The zero-order chi connectivity index (χ0) is 39.6. The molecule has 0 spiro atoms. The molecule has 16 nitrogen and oxygen atoms in total. The van der Waals surface area contributed by atoms with Crippen molar-refractivity contribution in [3.05, 3.63) is 107 Å². The van der Waals surface area contributed by atoms with Crippen LogP contribution in [0.15, 0.2) is 116 Å². The Labute approximate surface area is 316 Å². The fraction of sp³-hybridized carbons (Fsp3) is 0.158. The minimum atomic E-state index is -4.00. The standard InChI is InChI=1S/C38H38N8O8S/c1-19-31(33(45-37(39)41-19)21-5-15-29(53-3)27(47)17-21)35(49)43-23-7-11-25(12-8-23)55(51,52)26-13-9-24(10-14-26)44-36(50)32-20(2)42-38(40)46-34(32)22-6-16-30(54-4)28(48)18-22/h5-20,47-48H,1-4H3,(H,43,49)(H,44,50)(H3,39,41,45)(H3,40,42,46). The van der Waals surface area contributed by atoms with Gasteiger partial charge in [-0.15, -0.1) is 0 Å². The van der Waals surface area contributed by atoms with Crippen LogP contribution >= 0.6 is 0 Å². The van der Waals surface area contributed by atoms with Crippen LogP contribution < -0.4 is 42.2 Å². The summed E-state index contributed by atoms with van der Waals surface area (Å²) in [5.74, 6) is -0.616. The van der Waals surface area contributed by atoms with E-state index in [0.717, 1.165) is 0 Å². The Balaban J connectivity index is 1.18. The van der Waals surface area contributed by atoms with Crippen LogP contribution in [0.4, 0.5) is 11.4 Å². The van der Waals surface area contributed by atoms with Crippen molar-refractivity contribution in [1.82, 2.24) is 10.6 Å². The summed E-state index contributed by atoms with van der Waals surface area (Å²) in [4.78, 5) is 35.6. The molecule has 0 saturated heterocycles. The SMILES string of the molecule is COc1ccc(C2=C(C(=O)Nc3ccc(S(=O)(=O)c4ccc(NC(=O)C5=C(c6ccc(OC)c(O)c6)NC(N)=NC5C)cc4)cc3)C(C)N=C(N)N2)cc1O. The Morgan fingerprint density at radius 2 is 1.02 bits per heavy atom. The highest BCUT2D eigenvalue weighted by Crippen LogP contribution is 2.34. The van der Waals surface area contributed by atoms with Crippen molar-refractivity contribution in [2.45, 2.75) is 35.7 Å². The Morgan fingerprint density at radius 1 is 0.655 bits per heavy atom. The van der Waals surface area contributed by atoms with Gasteiger partial charge < -0.3 is 52.4 Å². The molecular weight excluding hydrogens is 729 g/mol. The molecule has 55 heavy (non-hydrogen) atoms. The number of carbonyl (C=O) groups is 2. The van der Waals surface area contributed by atoms with Crippen LogP contribution in [0, 0.1) is 0 Å². The Kier molecular flexibility index (Phi) is 10.4. The van der Waals surface area contributed by atoms with Crippen LogP contribution in [0.2, 0.25) is 0 Å². The number of anilines is 2. The summed E-state index contributed by atoms with van der Waals surface area (Å²) in [7, 11) is -1.16. The molecular formula is C38H38N8O8S. The Bertz CT molecular complexity index is 2260. The van der Waals surface area contributed by atoms with Crippen molar-refractivity contribution in [3.8, 4) is 23.0 Å². The van der Waals surface area contributed by atoms with Crippen LogP contribution in [0.1, 0.15) is 25.0 Å². The molecule has 2 amide bonds. The van der Waals surface area contributed by atoms with Crippen LogP contribution in [0.3, 0.4) is 0 Å². The van der Waals surface area contributed by atoms with Gasteiger partial charge in [0.05, 0.1) is 58.6 Å². The van der Waals surface area contributed by atoms with E-state index in [1.54, 1.807) is 38.1 Å². The summed E-state index contributed by atoms with van der Waals surface area (Å²) in [5.41, 5.74) is 14.6. The molecule has 0 bridgehead atoms. The summed E-state index contributed by atoms with van der Waals surface area (Å²) in [6, 6.07) is 19.3. The lowest BCUT2D eigenvalue weighted by molar-refractivity contribution is -0.113. The molecule has 2 unspecified atom stereocenters.